The molecule has 1 amide bonds. The summed E-state index contributed by atoms with van der Waals surface area (Å²) in [5, 5.41) is 2.72. The van der Waals surface area contributed by atoms with Crippen LogP contribution in [0.2, 0.25) is 0 Å². The van der Waals surface area contributed by atoms with Gasteiger partial charge in [0.2, 0.25) is 5.91 Å². The molecule has 1 atom stereocenters. The fourth-order valence-electron chi connectivity index (χ4n) is 0.615. The number of hydrogen-bond donors (Lipinski definition) is 2. The van der Waals surface area contributed by atoms with Gasteiger partial charge in [0.25, 0.3) is 0 Å². The van der Waals surface area contributed by atoms with E-state index in [1.807, 2.05) is 6.92 Å². The van der Waals surface area contributed by atoms with Crippen molar-refractivity contribution in [2.75, 3.05) is 6.54 Å². The Hall–Kier alpha value is -0.570. The molecule has 54 valence electrons. The Morgan fingerprint density at radius 3 is 2.44 bits per heavy atom. The van der Waals surface area contributed by atoms with Gasteiger partial charge in [0.15, 0.2) is 0 Å². The van der Waals surface area contributed by atoms with Gasteiger partial charge in [-0.15, -0.1) is 0 Å². The Morgan fingerprint density at radius 1 is 1.78 bits per heavy atom. The van der Waals surface area contributed by atoms with E-state index in [-0.39, 0.29) is 11.9 Å². The SMILES string of the molecule is CC[C@@H](CN)NC(C)=O. The van der Waals surface area contributed by atoms with Crippen molar-refractivity contribution < 1.29 is 4.79 Å². The fraction of sp³-hybridized carbons (Fsp3) is 0.833. The van der Waals surface area contributed by atoms with E-state index in [1.165, 1.54) is 6.92 Å². The summed E-state index contributed by atoms with van der Waals surface area (Å²) in [6.45, 7) is 4.02. The topological polar surface area (TPSA) is 55.1 Å². The molecule has 0 saturated carbocycles. The summed E-state index contributed by atoms with van der Waals surface area (Å²) in [5.41, 5.74) is 5.32. The second-order valence-corrected chi connectivity index (χ2v) is 2.04. The van der Waals surface area contributed by atoms with Gasteiger partial charge < -0.3 is 11.1 Å². The van der Waals surface area contributed by atoms with Crippen molar-refractivity contribution in [3.8, 4) is 0 Å². The van der Waals surface area contributed by atoms with Crippen LogP contribution in [0.4, 0.5) is 0 Å². The maximum absolute atomic E-state index is 10.4. The molecule has 3 N–H and O–H groups in total. The lowest BCUT2D eigenvalue weighted by Gasteiger charge is -2.11. The van der Waals surface area contributed by atoms with E-state index in [2.05, 4.69) is 5.32 Å². The van der Waals surface area contributed by atoms with Crippen LogP contribution < -0.4 is 11.1 Å². The molecule has 0 saturated heterocycles. The minimum absolute atomic E-state index is 0.00713. The lowest BCUT2D eigenvalue weighted by atomic mass is 10.2. The first-order chi connectivity index (χ1) is 4.20. The number of carbonyl (C=O) groups excluding carboxylic acids is 1. The number of rotatable bonds is 3. The first-order valence-corrected chi connectivity index (χ1v) is 3.17. The molecule has 0 aliphatic heterocycles. The first kappa shape index (κ1) is 8.43. The molecule has 0 aliphatic carbocycles. The maximum atomic E-state index is 10.4. The molecule has 0 aromatic rings. The molecule has 0 aromatic carbocycles. The molecule has 0 rings (SSSR count). The van der Waals surface area contributed by atoms with Crippen LogP contribution >= 0.6 is 0 Å². The summed E-state index contributed by atoms with van der Waals surface area (Å²) < 4.78 is 0. The third-order valence-electron chi connectivity index (χ3n) is 1.18. The summed E-state index contributed by atoms with van der Waals surface area (Å²) in [7, 11) is 0. The molecule has 0 aliphatic rings. The van der Waals surface area contributed by atoms with Crippen LogP contribution in [0.3, 0.4) is 0 Å². The average Bonchev–Trinajstić information content (AvgIpc) is 1.82. The quantitative estimate of drug-likeness (QED) is 0.558. The predicted molar refractivity (Wildman–Crippen MR) is 37.0 cm³/mol. The van der Waals surface area contributed by atoms with Crippen LogP contribution in [0.25, 0.3) is 0 Å². The van der Waals surface area contributed by atoms with E-state index in [4.69, 9.17) is 5.73 Å². The number of nitrogens with two attached hydrogens (primary N) is 1. The highest BCUT2D eigenvalue weighted by atomic mass is 16.1. The summed E-state index contributed by atoms with van der Waals surface area (Å²) in [5.74, 6) is -0.00713. The second-order valence-electron chi connectivity index (χ2n) is 2.04. The Bertz CT molecular complexity index is 89.1. The summed E-state index contributed by atoms with van der Waals surface area (Å²) in [6, 6.07) is 0.155. The third-order valence-corrected chi connectivity index (χ3v) is 1.18. The van der Waals surface area contributed by atoms with Crippen LogP contribution in [0.1, 0.15) is 20.3 Å². The van der Waals surface area contributed by atoms with E-state index in [1.54, 1.807) is 0 Å². The number of nitrogens with one attached hydrogen (secondary N) is 1. The number of amides is 1. The van der Waals surface area contributed by atoms with E-state index in [0.717, 1.165) is 6.42 Å². The van der Waals surface area contributed by atoms with Gasteiger partial charge in [-0.1, -0.05) is 6.92 Å². The molecule has 0 heterocycles. The van der Waals surface area contributed by atoms with E-state index < -0.39 is 0 Å². The van der Waals surface area contributed by atoms with Crippen molar-refractivity contribution in [1.82, 2.24) is 5.32 Å². The van der Waals surface area contributed by atoms with Crippen LogP contribution in [-0.4, -0.2) is 18.5 Å². The molecule has 0 spiro atoms. The molecule has 3 nitrogen and oxygen atoms in total. The summed E-state index contributed by atoms with van der Waals surface area (Å²) in [4.78, 5) is 10.4. The smallest absolute Gasteiger partial charge is 0.217 e. The van der Waals surface area contributed by atoms with Crippen LogP contribution in [-0.2, 0) is 4.79 Å². The molecule has 3 heteroatoms. The third kappa shape index (κ3) is 3.97. The summed E-state index contributed by atoms with van der Waals surface area (Å²) >= 11 is 0. The normalized spacial score (nSPS) is 12.8. The number of carbonyl (C=O) groups is 1. The van der Waals surface area contributed by atoms with E-state index >= 15 is 0 Å². The van der Waals surface area contributed by atoms with Crippen LogP contribution in [0.5, 0.6) is 0 Å². The lowest BCUT2D eigenvalue weighted by molar-refractivity contribution is -0.119. The van der Waals surface area contributed by atoms with Gasteiger partial charge in [-0.05, 0) is 6.42 Å². The zero-order valence-corrected chi connectivity index (χ0v) is 5.98. The van der Waals surface area contributed by atoms with Gasteiger partial charge in [-0.25, -0.2) is 0 Å². The average molecular weight is 130 g/mol. The van der Waals surface area contributed by atoms with Crippen LogP contribution in [0.15, 0.2) is 0 Å². The minimum Gasteiger partial charge on any atom is -0.352 e. The van der Waals surface area contributed by atoms with Crippen molar-refractivity contribution in [3.63, 3.8) is 0 Å². The maximum Gasteiger partial charge on any atom is 0.217 e. The lowest BCUT2D eigenvalue weighted by Crippen LogP contribution is -2.38. The standard InChI is InChI=1S/C6H14N2O/c1-3-6(4-7)8-5(2)9/h6H,3-4,7H2,1-2H3,(H,8,9)/t6-/m0/s1. The number of hydrogen-bond acceptors (Lipinski definition) is 2. The monoisotopic (exact) mass is 130 g/mol. The molecule has 0 aromatic heterocycles. The van der Waals surface area contributed by atoms with Gasteiger partial charge in [0.05, 0.1) is 0 Å². The van der Waals surface area contributed by atoms with Gasteiger partial charge in [0, 0.05) is 19.5 Å². The van der Waals surface area contributed by atoms with Crippen LogP contribution in [0, 0.1) is 0 Å². The van der Waals surface area contributed by atoms with Crippen molar-refractivity contribution >= 4 is 5.91 Å². The first-order valence-electron chi connectivity index (χ1n) is 3.17. The predicted octanol–water partition coefficient (Wildman–Crippen LogP) is -0.140. The molecule has 0 unspecified atom stereocenters. The highest BCUT2D eigenvalue weighted by molar-refractivity contribution is 5.73. The van der Waals surface area contributed by atoms with Gasteiger partial charge in [-0.2, -0.15) is 0 Å². The van der Waals surface area contributed by atoms with E-state index in [0.29, 0.717) is 6.54 Å². The highest BCUT2D eigenvalue weighted by Gasteiger charge is 2.02. The second kappa shape index (κ2) is 4.32. The molecule has 0 radical (unpaired) electrons. The van der Waals surface area contributed by atoms with Crippen molar-refractivity contribution in [1.29, 1.82) is 0 Å². The Morgan fingerprint density at radius 2 is 2.33 bits per heavy atom. The zero-order valence-electron chi connectivity index (χ0n) is 5.98. The molecular formula is C6H14N2O. The Balaban J connectivity index is 3.43. The molecule has 0 bridgehead atoms. The Labute approximate surface area is 55.6 Å². The highest BCUT2D eigenvalue weighted by Crippen LogP contribution is 1.85. The zero-order chi connectivity index (χ0) is 7.28. The molecular weight excluding hydrogens is 116 g/mol. The van der Waals surface area contributed by atoms with Gasteiger partial charge >= 0.3 is 0 Å². The molecule has 0 fully saturated rings. The minimum atomic E-state index is -0.00713. The van der Waals surface area contributed by atoms with Crippen molar-refractivity contribution in [2.45, 2.75) is 26.3 Å². The summed E-state index contributed by atoms with van der Waals surface area (Å²) in [6.07, 6.45) is 0.899. The van der Waals surface area contributed by atoms with Crippen molar-refractivity contribution in [3.05, 3.63) is 0 Å². The van der Waals surface area contributed by atoms with Gasteiger partial charge in [-0.3, -0.25) is 4.79 Å². The molecule has 9 heavy (non-hydrogen) atoms. The Kier molecular flexibility index (Phi) is 4.05. The van der Waals surface area contributed by atoms with E-state index in [9.17, 15) is 4.79 Å². The van der Waals surface area contributed by atoms with Crippen molar-refractivity contribution in [2.24, 2.45) is 5.73 Å². The fourth-order valence-corrected chi connectivity index (χ4v) is 0.615. The largest absolute Gasteiger partial charge is 0.352 e. The van der Waals surface area contributed by atoms with Gasteiger partial charge in [0.1, 0.15) is 0 Å².